The van der Waals surface area contributed by atoms with Gasteiger partial charge in [0.1, 0.15) is 12.2 Å². The summed E-state index contributed by atoms with van der Waals surface area (Å²) in [5.41, 5.74) is 3.29. The number of nitrogens with one attached hydrogen (secondary N) is 2. The Bertz CT molecular complexity index is 224. The molecule has 0 aromatic rings. The van der Waals surface area contributed by atoms with Crippen LogP contribution in [-0.4, -0.2) is 36.1 Å². The number of rotatable bonds is 2. The van der Waals surface area contributed by atoms with Crippen molar-refractivity contribution in [1.29, 1.82) is 0 Å². The van der Waals surface area contributed by atoms with Gasteiger partial charge in [0.05, 0.1) is 6.61 Å². The fourth-order valence-corrected chi connectivity index (χ4v) is 0.580. The minimum atomic E-state index is -0.866. The first-order chi connectivity index (χ1) is 6.85. The van der Waals surface area contributed by atoms with Crippen molar-refractivity contribution in [1.82, 2.24) is 10.9 Å². The first-order valence-corrected chi connectivity index (χ1v) is 4.38. The maximum atomic E-state index is 11.0. The molecule has 15 heavy (non-hydrogen) atoms. The Morgan fingerprint density at radius 3 is 2.20 bits per heavy atom. The van der Waals surface area contributed by atoms with Gasteiger partial charge in [-0.3, -0.25) is 0 Å². The molecule has 0 aliphatic heterocycles. The predicted octanol–water partition coefficient (Wildman–Crippen LogP) is 0.145. The van der Waals surface area contributed by atoms with Crippen molar-refractivity contribution >= 4 is 12.2 Å². The maximum absolute atomic E-state index is 11.0. The minimum absolute atomic E-state index is 0.137. The van der Waals surface area contributed by atoms with Crippen molar-refractivity contribution in [2.45, 2.75) is 26.4 Å². The molecule has 0 saturated carbocycles. The molecular formula is C8H16N2O5. The Morgan fingerprint density at radius 1 is 1.20 bits per heavy atom. The molecule has 0 spiro atoms. The molecule has 0 unspecified atom stereocenters. The first kappa shape index (κ1) is 13.5. The summed E-state index contributed by atoms with van der Waals surface area (Å²) in [5, 5.41) is 8.33. The highest BCUT2D eigenvalue weighted by atomic mass is 16.6. The molecule has 0 aromatic heterocycles. The zero-order chi connectivity index (χ0) is 11.9. The number of carbonyl (C=O) groups is 2. The fraction of sp³-hybridized carbons (Fsp3) is 0.750. The smallest absolute Gasteiger partial charge is 0.426 e. The van der Waals surface area contributed by atoms with E-state index < -0.39 is 17.8 Å². The van der Waals surface area contributed by atoms with Crippen molar-refractivity contribution in [3.63, 3.8) is 0 Å². The normalized spacial score (nSPS) is 10.4. The molecule has 0 rings (SSSR count). The molecule has 2 amide bonds. The van der Waals surface area contributed by atoms with Crippen LogP contribution < -0.4 is 10.9 Å². The van der Waals surface area contributed by atoms with Gasteiger partial charge in [-0.1, -0.05) is 0 Å². The lowest BCUT2D eigenvalue weighted by molar-refractivity contribution is 0.0481. The van der Waals surface area contributed by atoms with Gasteiger partial charge in [0.15, 0.2) is 0 Å². The van der Waals surface area contributed by atoms with Gasteiger partial charge in [0, 0.05) is 0 Å². The molecular weight excluding hydrogens is 204 g/mol. The zero-order valence-corrected chi connectivity index (χ0v) is 8.99. The van der Waals surface area contributed by atoms with Crippen LogP contribution in [0.2, 0.25) is 0 Å². The van der Waals surface area contributed by atoms with Crippen molar-refractivity contribution in [2.75, 3.05) is 13.2 Å². The second-order valence-corrected chi connectivity index (χ2v) is 3.61. The van der Waals surface area contributed by atoms with E-state index in [2.05, 4.69) is 4.74 Å². The molecule has 0 atom stereocenters. The van der Waals surface area contributed by atoms with Gasteiger partial charge in [0.25, 0.3) is 0 Å². The van der Waals surface area contributed by atoms with Crippen molar-refractivity contribution in [3.05, 3.63) is 0 Å². The van der Waals surface area contributed by atoms with Gasteiger partial charge < -0.3 is 14.6 Å². The fourth-order valence-electron chi connectivity index (χ4n) is 0.580. The van der Waals surface area contributed by atoms with E-state index in [1.807, 2.05) is 10.9 Å². The Labute approximate surface area is 87.7 Å². The average molecular weight is 220 g/mol. The summed E-state index contributed by atoms with van der Waals surface area (Å²) in [6, 6.07) is 0. The topological polar surface area (TPSA) is 96.9 Å². The molecule has 0 radical (unpaired) electrons. The summed E-state index contributed by atoms with van der Waals surface area (Å²) in [4.78, 5) is 21.7. The van der Waals surface area contributed by atoms with Crippen molar-refractivity contribution in [3.8, 4) is 0 Å². The number of hydrazine groups is 1. The molecule has 3 N–H and O–H groups in total. The lowest BCUT2D eigenvalue weighted by atomic mass is 10.2. The van der Waals surface area contributed by atoms with Gasteiger partial charge in [-0.25, -0.2) is 20.4 Å². The van der Waals surface area contributed by atoms with Crippen LogP contribution in [0.1, 0.15) is 20.8 Å². The lowest BCUT2D eigenvalue weighted by Crippen LogP contribution is -2.44. The van der Waals surface area contributed by atoms with E-state index in [-0.39, 0.29) is 13.2 Å². The van der Waals surface area contributed by atoms with Gasteiger partial charge in [-0.2, -0.15) is 0 Å². The van der Waals surface area contributed by atoms with Gasteiger partial charge in [0.2, 0.25) is 0 Å². The Balaban J connectivity index is 3.67. The van der Waals surface area contributed by atoms with E-state index >= 15 is 0 Å². The standard InChI is InChI=1S/C8H16N2O5/c1-8(2,3)15-7(13)10-9-6(12)14-5-4-11/h11H,4-5H2,1-3H3,(H,9,12)(H,10,13). The van der Waals surface area contributed by atoms with Crippen LogP contribution in [0.3, 0.4) is 0 Å². The molecule has 7 nitrogen and oxygen atoms in total. The number of carbonyl (C=O) groups excluding carboxylic acids is 2. The third-order valence-corrected chi connectivity index (χ3v) is 0.990. The highest BCUT2D eigenvalue weighted by Gasteiger charge is 2.16. The lowest BCUT2D eigenvalue weighted by Gasteiger charge is -2.19. The van der Waals surface area contributed by atoms with Crippen LogP contribution in [0.15, 0.2) is 0 Å². The molecule has 0 bridgehead atoms. The SMILES string of the molecule is CC(C)(C)OC(=O)NNC(=O)OCCO. The van der Waals surface area contributed by atoms with E-state index in [1.165, 1.54) is 0 Å². The van der Waals surface area contributed by atoms with E-state index in [4.69, 9.17) is 9.84 Å². The molecule has 0 aliphatic rings. The first-order valence-electron chi connectivity index (χ1n) is 4.38. The maximum Gasteiger partial charge on any atom is 0.426 e. The van der Waals surface area contributed by atoms with Crippen LogP contribution in [0.25, 0.3) is 0 Å². The van der Waals surface area contributed by atoms with E-state index in [9.17, 15) is 9.59 Å². The highest BCUT2D eigenvalue weighted by molar-refractivity contribution is 5.73. The van der Waals surface area contributed by atoms with Gasteiger partial charge in [-0.15, -0.1) is 0 Å². The Kier molecular flexibility index (Phi) is 5.46. The van der Waals surface area contributed by atoms with E-state index in [0.717, 1.165) is 0 Å². The highest BCUT2D eigenvalue weighted by Crippen LogP contribution is 2.05. The molecule has 7 heteroatoms. The second kappa shape index (κ2) is 6.07. The monoisotopic (exact) mass is 220 g/mol. The Morgan fingerprint density at radius 2 is 1.73 bits per heavy atom. The summed E-state index contributed by atoms with van der Waals surface area (Å²) in [7, 11) is 0. The number of ether oxygens (including phenoxy) is 2. The zero-order valence-electron chi connectivity index (χ0n) is 8.99. The van der Waals surface area contributed by atoms with E-state index in [0.29, 0.717) is 0 Å². The van der Waals surface area contributed by atoms with Crippen molar-refractivity contribution < 1.29 is 24.2 Å². The third-order valence-electron chi connectivity index (χ3n) is 0.990. The minimum Gasteiger partial charge on any atom is -0.446 e. The van der Waals surface area contributed by atoms with Crippen LogP contribution >= 0.6 is 0 Å². The molecule has 0 saturated heterocycles. The number of amides is 2. The Hall–Kier alpha value is -1.50. The summed E-state index contributed by atoms with van der Waals surface area (Å²) >= 11 is 0. The second-order valence-electron chi connectivity index (χ2n) is 3.61. The molecule has 0 heterocycles. The van der Waals surface area contributed by atoms with Crippen LogP contribution in [0.4, 0.5) is 9.59 Å². The summed E-state index contributed by atoms with van der Waals surface area (Å²) in [5.74, 6) is 0. The third kappa shape index (κ3) is 8.82. The number of hydrogen-bond donors (Lipinski definition) is 3. The molecule has 0 aliphatic carbocycles. The summed E-state index contributed by atoms with van der Waals surface area (Å²) < 4.78 is 9.22. The predicted molar refractivity (Wildman–Crippen MR) is 50.9 cm³/mol. The van der Waals surface area contributed by atoms with Gasteiger partial charge in [-0.05, 0) is 20.8 Å². The number of aliphatic hydroxyl groups is 1. The summed E-state index contributed by atoms with van der Waals surface area (Å²) in [6.45, 7) is 4.66. The average Bonchev–Trinajstić information content (AvgIpc) is 2.08. The molecule has 0 fully saturated rings. The van der Waals surface area contributed by atoms with Crippen LogP contribution in [0, 0.1) is 0 Å². The van der Waals surface area contributed by atoms with Gasteiger partial charge >= 0.3 is 12.2 Å². The van der Waals surface area contributed by atoms with Crippen molar-refractivity contribution in [2.24, 2.45) is 0 Å². The van der Waals surface area contributed by atoms with E-state index in [1.54, 1.807) is 20.8 Å². The molecule has 0 aromatic carbocycles. The van der Waals surface area contributed by atoms with Crippen LogP contribution in [0.5, 0.6) is 0 Å². The number of hydrogen-bond acceptors (Lipinski definition) is 5. The summed E-state index contributed by atoms with van der Waals surface area (Å²) in [6.07, 6.45) is -1.65. The molecule has 88 valence electrons. The largest absolute Gasteiger partial charge is 0.446 e. The number of aliphatic hydroxyl groups excluding tert-OH is 1. The van der Waals surface area contributed by atoms with Crippen LogP contribution in [-0.2, 0) is 9.47 Å². The quantitative estimate of drug-likeness (QED) is 0.575.